The standard InChI is InChI=1S/C16H17N5O4/c17-11-13-16(18-5-6-20-7-9-24-10-8-20)25-15(19-13)12-3-1-2-4-14(12)21(22)23/h1-4,18H,5-10H2/p+1. The van der Waals surface area contributed by atoms with Gasteiger partial charge in [0.15, 0.2) is 0 Å². The molecule has 2 heterocycles. The van der Waals surface area contributed by atoms with Crippen LogP contribution >= 0.6 is 0 Å². The molecule has 2 N–H and O–H groups in total. The maximum Gasteiger partial charge on any atom is 0.282 e. The predicted octanol–water partition coefficient (Wildman–Crippen LogP) is 0.448. The smallest absolute Gasteiger partial charge is 0.282 e. The molecule has 9 heteroatoms. The second-order valence-corrected chi connectivity index (χ2v) is 5.62. The van der Waals surface area contributed by atoms with Gasteiger partial charge in [0.1, 0.15) is 24.7 Å². The summed E-state index contributed by atoms with van der Waals surface area (Å²) < 4.78 is 10.9. The average molecular weight is 344 g/mol. The van der Waals surface area contributed by atoms with Crippen molar-refractivity contribution in [3.8, 4) is 17.5 Å². The number of hydrogen-bond acceptors (Lipinski definition) is 7. The highest BCUT2D eigenvalue weighted by Crippen LogP contribution is 2.31. The lowest BCUT2D eigenvalue weighted by Gasteiger charge is -2.23. The summed E-state index contributed by atoms with van der Waals surface area (Å²) in [5.41, 5.74) is 0.221. The minimum Gasteiger partial charge on any atom is -0.419 e. The summed E-state index contributed by atoms with van der Waals surface area (Å²) in [7, 11) is 0. The van der Waals surface area contributed by atoms with Gasteiger partial charge in [-0.05, 0) is 6.07 Å². The van der Waals surface area contributed by atoms with E-state index < -0.39 is 4.92 Å². The van der Waals surface area contributed by atoms with Crippen molar-refractivity contribution < 1.29 is 19.0 Å². The number of rotatable bonds is 6. The van der Waals surface area contributed by atoms with E-state index in [0.717, 1.165) is 32.8 Å². The molecule has 130 valence electrons. The van der Waals surface area contributed by atoms with E-state index in [1.54, 1.807) is 18.2 Å². The van der Waals surface area contributed by atoms with Gasteiger partial charge < -0.3 is 19.4 Å². The lowest BCUT2D eigenvalue weighted by Crippen LogP contribution is -3.14. The van der Waals surface area contributed by atoms with Crippen LogP contribution in [0, 0.1) is 21.4 Å². The number of benzene rings is 1. The van der Waals surface area contributed by atoms with E-state index in [1.165, 1.54) is 11.0 Å². The summed E-state index contributed by atoms with van der Waals surface area (Å²) >= 11 is 0. The summed E-state index contributed by atoms with van der Waals surface area (Å²) in [6.07, 6.45) is 0. The first-order valence-corrected chi connectivity index (χ1v) is 7.99. The van der Waals surface area contributed by atoms with Gasteiger partial charge in [-0.25, -0.2) is 0 Å². The molecule has 0 spiro atoms. The Morgan fingerprint density at radius 3 is 2.84 bits per heavy atom. The van der Waals surface area contributed by atoms with Gasteiger partial charge in [0.25, 0.3) is 5.69 Å². The van der Waals surface area contributed by atoms with E-state index >= 15 is 0 Å². The number of hydrogen-bond donors (Lipinski definition) is 2. The van der Waals surface area contributed by atoms with Gasteiger partial charge in [0, 0.05) is 6.07 Å². The molecule has 25 heavy (non-hydrogen) atoms. The third-order valence-corrected chi connectivity index (χ3v) is 4.03. The number of nitrogens with zero attached hydrogens (tertiary/aromatic N) is 3. The summed E-state index contributed by atoms with van der Waals surface area (Å²) in [4.78, 5) is 16.1. The van der Waals surface area contributed by atoms with Crippen LogP contribution in [-0.2, 0) is 4.74 Å². The molecule has 0 bridgehead atoms. The van der Waals surface area contributed by atoms with E-state index in [1.807, 2.05) is 6.07 Å². The molecule has 3 rings (SSSR count). The second-order valence-electron chi connectivity index (χ2n) is 5.62. The van der Waals surface area contributed by atoms with E-state index in [2.05, 4.69) is 10.3 Å². The highest BCUT2D eigenvalue weighted by molar-refractivity contribution is 5.68. The molecule has 0 amide bonds. The Labute approximate surface area is 144 Å². The molecule has 0 atom stereocenters. The van der Waals surface area contributed by atoms with E-state index in [4.69, 9.17) is 9.15 Å². The number of nitro groups is 1. The zero-order chi connectivity index (χ0) is 17.6. The molecule has 1 aliphatic heterocycles. The fourth-order valence-corrected chi connectivity index (χ4v) is 2.71. The Morgan fingerprint density at radius 2 is 2.12 bits per heavy atom. The molecule has 0 unspecified atom stereocenters. The quantitative estimate of drug-likeness (QED) is 0.577. The molecule has 2 aromatic rings. The van der Waals surface area contributed by atoms with Gasteiger partial charge in [0.05, 0.1) is 31.2 Å². The first-order chi connectivity index (χ1) is 12.2. The lowest BCUT2D eigenvalue weighted by molar-refractivity contribution is -0.906. The monoisotopic (exact) mass is 344 g/mol. The normalized spacial score (nSPS) is 14.8. The topological polar surface area (TPSA) is 119 Å². The van der Waals surface area contributed by atoms with Crippen molar-refractivity contribution in [2.24, 2.45) is 0 Å². The Hall–Kier alpha value is -2.96. The Morgan fingerprint density at radius 1 is 1.36 bits per heavy atom. The van der Waals surface area contributed by atoms with Crippen molar-refractivity contribution in [2.45, 2.75) is 0 Å². The molecule has 9 nitrogen and oxygen atoms in total. The molecular formula is C16H18N5O4+. The maximum atomic E-state index is 11.1. The van der Waals surface area contributed by atoms with Crippen molar-refractivity contribution in [2.75, 3.05) is 44.7 Å². The fourth-order valence-electron chi connectivity index (χ4n) is 2.71. The lowest BCUT2D eigenvalue weighted by atomic mass is 10.2. The third-order valence-electron chi connectivity index (χ3n) is 4.03. The van der Waals surface area contributed by atoms with Crippen LogP contribution in [0.15, 0.2) is 28.7 Å². The van der Waals surface area contributed by atoms with Gasteiger partial charge in [-0.2, -0.15) is 10.2 Å². The predicted molar refractivity (Wildman–Crippen MR) is 88.2 cm³/mol. The zero-order valence-electron chi connectivity index (χ0n) is 13.5. The maximum absolute atomic E-state index is 11.1. The number of anilines is 1. The molecule has 0 radical (unpaired) electrons. The highest BCUT2D eigenvalue weighted by Gasteiger charge is 2.22. The van der Waals surface area contributed by atoms with Crippen molar-refractivity contribution >= 4 is 11.6 Å². The van der Waals surface area contributed by atoms with E-state index in [-0.39, 0.29) is 28.7 Å². The number of oxazole rings is 1. The van der Waals surface area contributed by atoms with Crippen LogP contribution in [0.2, 0.25) is 0 Å². The van der Waals surface area contributed by atoms with Crippen molar-refractivity contribution in [3.05, 3.63) is 40.1 Å². The highest BCUT2D eigenvalue weighted by atomic mass is 16.6. The van der Waals surface area contributed by atoms with Crippen LogP contribution in [0.25, 0.3) is 11.5 Å². The number of ether oxygens (including phenoxy) is 1. The van der Waals surface area contributed by atoms with Crippen LogP contribution in [0.5, 0.6) is 0 Å². The Balaban J connectivity index is 1.74. The van der Waals surface area contributed by atoms with Crippen LogP contribution in [0.4, 0.5) is 11.6 Å². The van der Waals surface area contributed by atoms with Crippen LogP contribution in [-0.4, -0.2) is 49.3 Å². The number of para-hydroxylation sites is 1. The van der Waals surface area contributed by atoms with Crippen molar-refractivity contribution in [1.82, 2.24) is 4.98 Å². The Kier molecular flexibility index (Phi) is 5.23. The first-order valence-electron chi connectivity index (χ1n) is 7.99. The van der Waals surface area contributed by atoms with Crippen molar-refractivity contribution in [1.29, 1.82) is 5.26 Å². The number of aromatic nitrogens is 1. The SMILES string of the molecule is N#Cc1nc(-c2ccccc2[N+](=O)[O-])oc1NCC[NH+]1CCOCC1. The number of nitriles is 1. The van der Waals surface area contributed by atoms with Crippen molar-refractivity contribution in [3.63, 3.8) is 0 Å². The van der Waals surface area contributed by atoms with Gasteiger partial charge in [-0.3, -0.25) is 10.1 Å². The third kappa shape index (κ3) is 3.93. The molecule has 1 aromatic carbocycles. The number of nitro benzene ring substituents is 1. The summed E-state index contributed by atoms with van der Waals surface area (Å²) in [6, 6.07) is 8.11. The number of morpholine rings is 1. The molecular weight excluding hydrogens is 326 g/mol. The van der Waals surface area contributed by atoms with Gasteiger partial charge in [-0.1, -0.05) is 12.1 Å². The molecule has 1 aromatic heterocycles. The van der Waals surface area contributed by atoms with Gasteiger partial charge in [-0.15, -0.1) is 0 Å². The minimum absolute atomic E-state index is 0.0602. The minimum atomic E-state index is -0.500. The summed E-state index contributed by atoms with van der Waals surface area (Å²) in [5, 5.41) is 23.5. The van der Waals surface area contributed by atoms with Crippen LogP contribution in [0.1, 0.15) is 5.69 Å². The Bertz CT molecular complexity index is 792. The van der Waals surface area contributed by atoms with Gasteiger partial charge >= 0.3 is 0 Å². The largest absolute Gasteiger partial charge is 0.419 e. The average Bonchev–Trinajstić information content (AvgIpc) is 3.05. The van der Waals surface area contributed by atoms with Gasteiger partial charge in [0.2, 0.25) is 17.5 Å². The molecule has 1 aliphatic rings. The zero-order valence-corrected chi connectivity index (χ0v) is 13.5. The van der Waals surface area contributed by atoms with E-state index in [0.29, 0.717) is 6.54 Å². The van der Waals surface area contributed by atoms with Crippen LogP contribution < -0.4 is 10.2 Å². The molecule has 1 saturated heterocycles. The number of nitrogens with one attached hydrogen (secondary N) is 2. The fraction of sp³-hybridized carbons (Fsp3) is 0.375. The summed E-state index contributed by atoms with van der Waals surface area (Å²) in [6.45, 7) is 4.87. The second kappa shape index (κ2) is 7.74. The molecule has 0 aliphatic carbocycles. The first kappa shape index (κ1) is 16.9. The van der Waals surface area contributed by atoms with Crippen LogP contribution in [0.3, 0.4) is 0 Å². The summed E-state index contributed by atoms with van der Waals surface area (Å²) in [5.74, 6) is 0.299. The molecule has 0 saturated carbocycles. The molecule has 1 fully saturated rings. The number of quaternary nitrogens is 1. The van der Waals surface area contributed by atoms with E-state index in [9.17, 15) is 15.4 Å².